The molecular weight excluding hydrogens is 304 g/mol. The second-order valence-electron chi connectivity index (χ2n) is 7.74. The van der Waals surface area contributed by atoms with Crippen molar-refractivity contribution in [2.75, 3.05) is 13.1 Å². The summed E-state index contributed by atoms with van der Waals surface area (Å²) in [5.41, 5.74) is 0. The number of fused-ring (bicyclic) bond motifs is 2. The molecule has 1 aromatic heterocycles. The Hall–Kier alpha value is -1.56. The van der Waals surface area contributed by atoms with E-state index in [9.17, 15) is 9.90 Å². The van der Waals surface area contributed by atoms with Crippen LogP contribution in [-0.2, 0) is 0 Å². The molecule has 1 aliphatic heterocycles. The highest BCUT2D eigenvalue weighted by Gasteiger charge is 2.40. The second kappa shape index (κ2) is 6.75. The molecule has 2 bridgehead atoms. The van der Waals surface area contributed by atoms with Gasteiger partial charge in [0.05, 0.1) is 18.2 Å². The maximum atomic E-state index is 12.8. The zero-order valence-corrected chi connectivity index (χ0v) is 14.2. The van der Waals surface area contributed by atoms with Gasteiger partial charge in [-0.1, -0.05) is 19.3 Å². The van der Waals surface area contributed by atoms with Crippen molar-refractivity contribution in [1.82, 2.24) is 20.0 Å². The van der Waals surface area contributed by atoms with Crippen LogP contribution < -0.4 is 5.32 Å². The summed E-state index contributed by atoms with van der Waals surface area (Å²) in [6.07, 6.45) is 11.3. The van der Waals surface area contributed by atoms with Crippen molar-refractivity contribution in [2.24, 2.45) is 11.8 Å². The number of carbonyl (C=O) groups is 1. The minimum Gasteiger partial charge on any atom is -0.392 e. The largest absolute Gasteiger partial charge is 0.392 e. The summed E-state index contributed by atoms with van der Waals surface area (Å²) >= 11 is 0. The summed E-state index contributed by atoms with van der Waals surface area (Å²) in [5.74, 6) is 0.521. The predicted octanol–water partition coefficient (Wildman–Crippen LogP) is 2.17. The van der Waals surface area contributed by atoms with Gasteiger partial charge < -0.3 is 15.3 Å². The fourth-order valence-electron chi connectivity index (χ4n) is 4.90. The van der Waals surface area contributed by atoms with Gasteiger partial charge in [0.1, 0.15) is 0 Å². The number of nitrogens with zero attached hydrogens (tertiary/aromatic N) is 3. The molecule has 2 heterocycles. The standard InChI is InChI=1S/C18H28N4O2/c23-17-13-5-3-6-14(17)12-21(11-13)18(24)20-15-7-1-2-8-16(15)22-10-4-9-19-22/h4,9-10,13-17,23H,1-3,5-8,11-12H2,(H,20,24)/t13-,14+,15-,16-,17?/m1/s1. The third kappa shape index (κ3) is 3.04. The molecule has 4 rings (SSSR count). The average molecular weight is 332 g/mol. The van der Waals surface area contributed by atoms with E-state index in [1.54, 1.807) is 6.20 Å². The Labute approximate surface area is 143 Å². The number of hydrogen-bond donors (Lipinski definition) is 2. The molecule has 5 atom stereocenters. The van der Waals surface area contributed by atoms with E-state index in [1.807, 2.05) is 21.8 Å². The summed E-state index contributed by atoms with van der Waals surface area (Å²) in [6.45, 7) is 1.39. The number of amides is 2. The van der Waals surface area contributed by atoms with Crippen LogP contribution in [0, 0.1) is 11.8 Å². The number of likely N-dealkylation sites (tertiary alicyclic amines) is 1. The Morgan fingerprint density at radius 1 is 1.08 bits per heavy atom. The first kappa shape index (κ1) is 15.9. The molecule has 3 fully saturated rings. The molecule has 2 saturated carbocycles. The lowest BCUT2D eigenvalue weighted by atomic mass is 9.75. The molecule has 2 amide bonds. The van der Waals surface area contributed by atoms with E-state index in [-0.39, 0.29) is 36.1 Å². The molecule has 6 nitrogen and oxygen atoms in total. The Balaban J connectivity index is 1.41. The van der Waals surface area contributed by atoms with Gasteiger partial charge in [0.15, 0.2) is 0 Å². The first-order valence-electron chi connectivity index (χ1n) is 9.45. The molecular formula is C18H28N4O2. The number of aliphatic hydroxyl groups is 1. The fraction of sp³-hybridized carbons (Fsp3) is 0.778. The second-order valence-corrected chi connectivity index (χ2v) is 7.74. The lowest BCUT2D eigenvalue weighted by molar-refractivity contribution is -0.0372. The van der Waals surface area contributed by atoms with Crippen molar-refractivity contribution >= 4 is 6.03 Å². The Kier molecular flexibility index (Phi) is 4.48. The SMILES string of the molecule is O=C(N[C@@H]1CCCC[C@H]1n1cccn1)N1C[C@H]2CCC[C@@H](C1)C2O. The Morgan fingerprint density at radius 3 is 2.54 bits per heavy atom. The van der Waals surface area contributed by atoms with Gasteiger partial charge in [0.25, 0.3) is 0 Å². The highest BCUT2D eigenvalue weighted by molar-refractivity contribution is 5.74. The third-order valence-corrected chi connectivity index (χ3v) is 6.22. The molecule has 0 radical (unpaired) electrons. The predicted molar refractivity (Wildman–Crippen MR) is 90.5 cm³/mol. The smallest absolute Gasteiger partial charge is 0.317 e. The van der Waals surface area contributed by atoms with Gasteiger partial charge in [-0.15, -0.1) is 0 Å². The van der Waals surface area contributed by atoms with Crippen molar-refractivity contribution in [3.05, 3.63) is 18.5 Å². The minimum atomic E-state index is -0.214. The molecule has 2 N–H and O–H groups in total. The average Bonchev–Trinajstić information content (AvgIpc) is 3.09. The lowest BCUT2D eigenvalue weighted by Crippen LogP contribution is -2.57. The van der Waals surface area contributed by atoms with Gasteiger partial charge in [0.2, 0.25) is 0 Å². The number of carbonyl (C=O) groups excluding carboxylic acids is 1. The van der Waals surface area contributed by atoms with Crippen LogP contribution in [0.1, 0.15) is 51.0 Å². The van der Waals surface area contributed by atoms with Crippen LogP contribution in [0.5, 0.6) is 0 Å². The van der Waals surface area contributed by atoms with E-state index in [0.717, 1.165) is 32.1 Å². The van der Waals surface area contributed by atoms with E-state index in [2.05, 4.69) is 10.4 Å². The van der Waals surface area contributed by atoms with Crippen molar-refractivity contribution in [3.63, 3.8) is 0 Å². The topological polar surface area (TPSA) is 70.4 Å². The number of hydrogen-bond acceptors (Lipinski definition) is 3. The van der Waals surface area contributed by atoms with Gasteiger partial charge in [0, 0.05) is 37.3 Å². The van der Waals surface area contributed by atoms with Crippen molar-refractivity contribution in [2.45, 2.75) is 63.1 Å². The van der Waals surface area contributed by atoms with Crippen LogP contribution in [0.4, 0.5) is 4.79 Å². The number of aliphatic hydroxyl groups excluding tert-OH is 1. The van der Waals surface area contributed by atoms with Gasteiger partial charge >= 0.3 is 6.03 Å². The Bertz CT molecular complexity index is 547. The molecule has 2 aliphatic carbocycles. The molecule has 1 aromatic rings. The lowest BCUT2D eigenvalue weighted by Gasteiger charge is -2.45. The first-order chi connectivity index (χ1) is 11.7. The van der Waals surface area contributed by atoms with Crippen LogP contribution in [0.2, 0.25) is 0 Å². The normalized spacial score (nSPS) is 36.4. The van der Waals surface area contributed by atoms with E-state index in [4.69, 9.17) is 0 Å². The highest BCUT2D eigenvalue weighted by atomic mass is 16.3. The van der Waals surface area contributed by atoms with Crippen LogP contribution in [0.15, 0.2) is 18.5 Å². The molecule has 0 aromatic carbocycles. The molecule has 1 unspecified atom stereocenters. The van der Waals surface area contributed by atoms with Crippen LogP contribution in [0.25, 0.3) is 0 Å². The highest BCUT2D eigenvalue weighted by Crippen LogP contribution is 2.35. The fourth-order valence-corrected chi connectivity index (χ4v) is 4.90. The van der Waals surface area contributed by atoms with E-state index >= 15 is 0 Å². The summed E-state index contributed by atoms with van der Waals surface area (Å²) < 4.78 is 2.00. The van der Waals surface area contributed by atoms with Gasteiger partial charge in [-0.2, -0.15) is 5.10 Å². The van der Waals surface area contributed by atoms with Gasteiger partial charge in [-0.25, -0.2) is 4.79 Å². The van der Waals surface area contributed by atoms with E-state index in [0.29, 0.717) is 13.1 Å². The van der Waals surface area contributed by atoms with Gasteiger partial charge in [-0.05, 0) is 31.7 Å². The van der Waals surface area contributed by atoms with E-state index < -0.39 is 0 Å². The number of piperidine rings is 1. The monoisotopic (exact) mass is 332 g/mol. The van der Waals surface area contributed by atoms with Crippen LogP contribution in [-0.4, -0.2) is 51.1 Å². The maximum Gasteiger partial charge on any atom is 0.317 e. The van der Waals surface area contributed by atoms with Crippen molar-refractivity contribution in [1.29, 1.82) is 0 Å². The third-order valence-electron chi connectivity index (χ3n) is 6.22. The number of aromatic nitrogens is 2. The summed E-state index contributed by atoms with van der Waals surface area (Å²) in [5, 5.41) is 18.0. The number of nitrogens with one attached hydrogen (secondary N) is 1. The molecule has 6 heteroatoms. The summed E-state index contributed by atoms with van der Waals surface area (Å²) in [6, 6.07) is 2.40. The van der Waals surface area contributed by atoms with Gasteiger partial charge in [-0.3, -0.25) is 4.68 Å². The zero-order valence-electron chi connectivity index (χ0n) is 14.2. The summed E-state index contributed by atoms with van der Waals surface area (Å²) in [4.78, 5) is 14.8. The molecule has 132 valence electrons. The number of urea groups is 1. The van der Waals surface area contributed by atoms with Crippen LogP contribution in [0.3, 0.4) is 0 Å². The molecule has 24 heavy (non-hydrogen) atoms. The zero-order chi connectivity index (χ0) is 16.5. The van der Waals surface area contributed by atoms with E-state index in [1.165, 1.54) is 12.8 Å². The molecule has 1 saturated heterocycles. The van der Waals surface area contributed by atoms with Crippen LogP contribution >= 0.6 is 0 Å². The molecule has 3 aliphatic rings. The minimum absolute atomic E-state index is 0.0443. The first-order valence-corrected chi connectivity index (χ1v) is 9.45. The summed E-state index contributed by atoms with van der Waals surface area (Å²) in [7, 11) is 0. The Morgan fingerprint density at radius 2 is 1.83 bits per heavy atom. The quantitative estimate of drug-likeness (QED) is 0.872. The maximum absolute atomic E-state index is 12.8. The number of rotatable bonds is 2. The van der Waals surface area contributed by atoms with Crippen molar-refractivity contribution in [3.8, 4) is 0 Å². The molecule has 0 spiro atoms. The van der Waals surface area contributed by atoms with Crippen molar-refractivity contribution < 1.29 is 9.90 Å².